The Labute approximate surface area is 184 Å². The zero-order valence-corrected chi connectivity index (χ0v) is 18.5. The second kappa shape index (κ2) is 8.57. The van der Waals surface area contributed by atoms with Crippen molar-refractivity contribution in [3.8, 4) is 23.0 Å². The third-order valence-electron chi connectivity index (χ3n) is 4.80. The highest BCUT2D eigenvalue weighted by Crippen LogP contribution is 2.41. The average molecular weight is 444 g/mol. The minimum atomic E-state index is -0.178. The molecular formula is C22H21NO5S2. The molecule has 1 amide bonds. The van der Waals surface area contributed by atoms with Gasteiger partial charge in [-0.3, -0.25) is 9.69 Å². The van der Waals surface area contributed by atoms with E-state index in [9.17, 15) is 4.79 Å². The second-order valence-corrected chi connectivity index (χ2v) is 8.48. The molecule has 0 saturated carbocycles. The molecule has 6 nitrogen and oxygen atoms in total. The van der Waals surface area contributed by atoms with Crippen LogP contribution in [0.4, 0.5) is 5.69 Å². The summed E-state index contributed by atoms with van der Waals surface area (Å²) in [6, 6.07) is 10.9. The summed E-state index contributed by atoms with van der Waals surface area (Å²) in [6.45, 7) is 4.25. The summed E-state index contributed by atoms with van der Waals surface area (Å²) in [4.78, 5) is 15.1. The monoisotopic (exact) mass is 443 g/mol. The lowest BCUT2D eigenvalue weighted by Crippen LogP contribution is -2.27. The molecule has 2 heterocycles. The van der Waals surface area contributed by atoms with Gasteiger partial charge in [-0.2, -0.15) is 0 Å². The van der Waals surface area contributed by atoms with Gasteiger partial charge in [0.05, 0.1) is 23.8 Å². The van der Waals surface area contributed by atoms with Crippen LogP contribution in [0, 0.1) is 0 Å². The smallest absolute Gasteiger partial charge is 0.270 e. The third kappa shape index (κ3) is 3.97. The summed E-state index contributed by atoms with van der Waals surface area (Å²) < 4.78 is 22.6. The number of thioether (sulfide) groups is 1. The maximum absolute atomic E-state index is 13.0. The van der Waals surface area contributed by atoms with E-state index in [4.69, 9.17) is 31.2 Å². The predicted molar refractivity (Wildman–Crippen MR) is 122 cm³/mol. The Morgan fingerprint density at radius 3 is 2.77 bits per heavy atom. The number of thiocarbonyl (C=S) groups is 1. The number of carbonyl (C=O) groups excluding carboxylic acids is 1. The number of carbonyl (C=O) groups is 1. The number of methoxy groups -OCH3 is 1. The van der Waals surface area contributed by atoms with E-state index in [2.05, 4.69) is 6.92 Å². The first-order valence-corrected chi connectivity index (χ1v) is 10.7. The summed E-state index contributed by atoms with van der Waals surface area (Å²) in [5, 5.41) is 0. The van der Waals surface area contributed by atoms with Crippen LogP contribution in [0.25, 0.3) is 6.08 Å². The van der Waals surface area contributed by atoms with Gasteiger partial charge in [0.25, 0.3) is 5.91 Å². The third-order valence-corrected chi connectivity index (χ3v) is 6.10. The average Bonchev–Trinajstić information content (AvgIpc) is 3.32. The first-order chi connectivity index (χ1) is 14.5. The van der Waals surface area contributed by atoms with Gasteiger partial charge in [0, 0.05) is 6.07 Å². The highest BCUT2D eigenvalue weighted by Gasteiger charge is 2.34. The van der Waals surface area contributed by atoms with Crippen LogP contribution in [0.3, 0.4) is 0 Å². The standard InChI is InChI=1S/C22H21NO5S2/c1-4-13(2)28-17-7-5-14(9-18(17)25-3)10-20-21(24)23(22(29)30-20)15-6-8-16-19(11-15)27-12-26-16/h5-11,13H,4,12H2,1-3H3/b20-10-/t13-/m1/s1. The van der Waals surface area contributed by atoms with Gasteiger partial charge in [-0.1, -0.05) is 37.0 Å². The van der Waals surface area contributed by atoms with Crippen molar-refractivity contribution < 1.29 is 23.7 Å². The molecule has 1 atom stereocenters. The molecule has 2 aromatic rings. The maximum Gasteiger partial charge on any atom is 0.270 e. The van der Waals surface area contributed by atoms with Crippen LogP contribution in [-0.2, 0) is 4.79 Å². The molecular weight excluding hydrogens is 422 g/mol. The molecule has 0 radical (unpaired) electrons. The molecule has 30 heavy (non-hydrogen) atoms. The Morgan fingerprint density at radius 1 is 1.20 bits per heavy atom. The molecule has 1 saturated heterocycles. The zero-order valence-electron chi connectivity index (χ0n) is 16.8. The van der Waals surface area contributed by atoms with Gasteiger partial charge in [0.2, 0.25) is 6.79 Å². The SMILES string of the molecule is CC[C@@H](C)Oc1ccc(/C=C2\SC(=S)N(c3ccc4c(c3)OCO4)C2=O)cc1OC. The van der Waals surface area contributed by atoms with E-state index in [0.29, 0.717) is 37.9 Å². The number of ether oxygens (including phenoxy) is 4. The predicted octanol–water partition coefficient (Wildman–Crippen LogP) is 5.01. The molecule has 0 N–H and O–H groups in total. The van der Waals surface area contributed by atoms with E-state index in [1.807, 2.05) is 31.2 Å². The molecule has 4 rings (SSSR count). The fourth-order valence-electron chi connectivity index (χ4n) is 3.04. The lowest BCUT2D eigenvalue weighted by molar-refractivity contribution is -0.113. The largest absolute Gasteiger partial charge is 0.493 e. The van der Waals surface area contributed by atoms with E-state index in [0.717, 1.165) is 12.0 Å². The minimum Gasteiger partial charge on any atom is -0.493 e. The van der Waals surface area contributed by atoms with Crippen molar-refractivity contribution in [3.05, 3.63) is 46.9 Å². The fraction of sp³-hybridized carbons (Fsp3) is 0.273. The van der Waals surface area contributed by atoms with Crippen molar-refractivity contribution in [2.24, 2.45) is 0 Å². The molecule has 2 aliphatic heterocycles. The van der Waals surface area contributed by atoms with Crippen molar-refractivity contribution in [2.45, 2.75) is 26.4 Å². The molecule has 0 unspecified atom stereocenters. The number of nitrogens with zero attached hydrogens (tertiary/aromatic N) is 1. The number of anilines is 1. The second-order valence-electron chi connectivity index (χ2n) is 6.80. The van der Waals surface area contributed by atoms with Gasteiger partial charge in [0.1, 0.15) is 0 Å². The fourth-order valence-corrected chi connectivity index (χ4v) is 4.34. The van der Waals surface area contributed by atoms with Crippen LogP contribution >= 0.6 is 24.0 Å². The highest BCUT2D eigenvalue weighted by molar-refractivity contribution is 8.27. The molecule has 0 bridgehead atoms. The Balaban J connectivity index is 1.59. The number of hydrogen-bond acceptors (Lipinski definition) is 7. The van der Waals surface area contributed by atoms with Crippen LogP contribution < -0.4 is 23.8 Å². The van der Waals surface area contributed by atoms with Crippen LogP contribution in [0.15, 0.2) is 41.3 Å². The lowest BCUT2D eigenvalue weighted by Gasteiger charge is -2.16. The molecule has 2 aromatic carbocycles. The van der Waals surface area contributed by atoms with Crippen molar-refractivity contribution in [2.75, 3.05) is 18.8 Å². The van der Waals surface area contributed by atoms with Crippen LogP contribution in [0.1, 0.15) is 25.8 Å². The van der Waals surface area contributed by atoms with E-state index >= 15 is 0 Å². The lowest BCUT2D eigenvalue weighted by atomic mass is 10.1. The molecule has 156 valence electrons. The molecule has 1 fully saturated rings. The minimum absolute atomic E-state index is 0.0858. The Morgan fingerprint density at radius 2 is 2.00 bits per heavy atom. The number of rotatable bonds is 6. The number of amides is 1. The van der Waals surface area contributed by atoms with Crippen molar-refractivity contribution in [1.82, 2.24) is 0 Å². The summed E-state index contributed by atoms with van der Waals surface area (Å²) in [7, 11) is 1.60. The number of hydrogen-bond donors (Lipinski definition) is 0. The van der Waals surface area contributed by atoms with Crippen LogP contribution in [-0.4, -0.2) is 30.2 Å². The molecule has 0 aliphatic carbocycles. The first-order valence-electron chi connectivity index (χ1n) is 9.52. The van der Waals surface area contributed by atoms with Crippen molar-refractivity contribution in [3.63, 3.8) is 0 Å². The van der Waals surface area contributed by atoms with E-state index in [1.165, 1.54) is 16.7 Å². The van der Waals surface area contributed by atoms with E-state index in [-0.39, 0.29) is 18.8 Å². The summed E-state index contributed by atoms with van der Waals surface area (Å²) in [6.07, 6.45) is 2.79. The van der Waals surface area contributed by atoms with Crippen molar-refractivity contribution in [1.29, 1.82) is 0 Å². The van der Waals surface area contributed by atoms with Gasteiger partial charge in [-0.05, 0) is 49.2 Å². The quantitative estimate of drug-likeness (QED) is 0.460. The topological polar surface area (TPSA) is 57.2 Å². The van der Waals surface area contributed by atoms with Gasteiger partial charge >= 0.3 is 0 Å². The Kier molecular flexibility index (Phi) is 5.87. The summed E-state index contributed by atoms with van der Waals surface area (Å²) in [5.74, 6) is 2.38. The van der Waals surface area contributed by atoms with Gasteiger partial charge in [-0.15, -0.1) is 0 Å². The number of benzene rings is 2. The Bertz CT molecular complexity index is 1040. The first kappa shape index (κ1) is 20.6. The molecule has 0 aromatic heterocycles. The molecule has 8 heteroatoms. The normalized spacial score (nSPS) is 17.6. The summed E-state index contributed by atoms with van der Waals surface area (Å²) in [5.41, 5.74) is 1.48. The van der Waals surface area contributed by atoms with Gasteiger partial charge in [0.15, 0.2) is 27.3 Å². The van der Waals surface area contributed by atoms with Gasteiger partial charge < -0.3 is 18.9 Å². The Hall–Kier alpha value is -2.71. The summed E-state index contributed by atoms with van der Waals surface area (Å²) >= 11 is 6.72. The molecule has 0 spiro atoms. The molecule has 2 aliphatic rings. The highest BCUT2D eigenvalue weighted by atomic mass is 32.2. The number of fused-ring (bicyclic) bond motifs is 1. The van der Waals surface area contributed by atoms with Crippen molar-refractivity contribution >= 4 is 46.0 Å². The maximum atomic E-state index is 13.0. The van der Waals surface area contributed by atoms with Crippen LogP contribution in [0.5, 0.6) is 23.0 Å². The van der Waals surface area contributed by atoms with E-state index < -0.39 is 0 Å². The van der Waals surface area contributed by atoms with Gasteiger partial charge in [-0.25, -0.2) is 0 Å². The van der Waals surface area contributed by atoms with E-state index in [1.54, 1.807) is 25.3 Å². The van der Waals surface area contributed by atoms with Crippen LogP contribution in [0.2, 0.25) is 0 Å². The zero-order chi connectivity index (χ0) is 21.3.